The van der Waals surface area contributed by atoms with Crippen molar-refractivity contribution in [2.24, 2.45) is 0 Å². The molecule has 0 N–H and O–H groups in total. The molecule has 2 rings (SSSR count). The van der Waals surface area contributed by atoms with Gasteiger partial charge < -0.3 is 0 Å². The van der Waals surface area contributed by atoms with Crippen molar-refractivity contribution in [3.63, 3.8) is 0 Å². The molecule has 0 radical (unpaired) electrons. The summed E-state index contributed by atoms with van der Waals surface area (Å²) >= 11 is 0. The molecule has 0 saturated heterocycles. The van der Waals surface area contributed by atoms with Crippen LogP contribution < -0.4 is 0 Å². The van der Waals surface area contributed by atoms with Crippen molar-refractivity contribution >= 4 is 0 Å². The number of hydrogen-bond acceptors (Lipinski definition) is 0. The molecule has 23 heavy (non-hydrogen) atoms. The number of rotatable bonds is 8. The van der Waals surface area contributed by atoms with Gasteiger partial charge in [-0.1, -0.05) is 63.1 Å². The predicted octanol–water partition coefficient (Wildman–Crippen LogP) is 6.05. The van der Waals surface area contributed by atoms with Gasteiger partial charge >= 0.3 is 0 Å². The molecular formula is C21H26F2. The van der Waals surface area contributed by atoms with Crippen molar-refractivity contribution in [3.05, 3.63) is 70.3 Å². The van der Waals surface area contributed by atoms with Gasteiger partial charge in [0.05, 0.1) is 0 Å². The minimum absolute atomic E-state index is 0.473. The summed E-state index contributed by atoms with van der Waals surface area (Å²) in [4.78, 5) is 0. The van der Waals surface area contributed by atoms with Crippen molar-refractivity contribution in [1.82, 2.24) is 0 Å². The van der Waals surface area contributed by atoms with Crippen LogP contribution >= 0.6 is 0 Å². The first-order chi connectivity index (χ1) is 11.2. The first kappa shape index (κ1) is 17.7. The molecule has 0 aliphatic carbocycles. The molecule has 0 aliphatic rings. The van der Waals surface area contributed by atoms with Gasteiger partial charge in [-0.25, -0.2) is 8.78 Å². The molecule has 2 aromatic rings. The van der Waals surface area contributed by atoms with E-state index in [2.05, 4.69) is 38.1 Å². The lowest BCUT2D eigenvalue weighted by Crippen LogP contribution is -2.02. The highest BCUT2D eigenvalue weighted by atomic mass is 19.2. The highest BCUT2D eigenvalue weighted by Gasteiger charge is 2.13. The zero-order valence-electron chi connectivity index (χ0n) is 14.2. The highest BCUT2D eigenvalue weighted by Crippen LogP contribution is 2.20. The minimum Gasteiger partial charge on any atom is -0.203 e. The lowest BCUT2D eigenvalue weighted by molar-refractivity contribution is 0.487. The van der Waals surface area contributed by atoms with Crippen molar-refractivity contribution in [1.29, 1.82) is 0 Å². The van der Waals surface area contributed by atoms with Gasteiger partial charge in [-0.3, -0.25) is 0 Å². The summed E-state index contributed by atoms with van der Waals surface area (Å²) < 4.78 is 28.4. The van der Waals surface area contributed by atoms with Crippen LogP contribution in [0.3, 0.4) is 0 Å². The van der Waals surface area contributed by atoms with Crippen molar-refractivity contribution in [2.45, 2.75) is 58.8 Å². The molecule has 0 nitrogen and oxygen atoms in total. The lowest BCUT2D eigenvalue weighted by atomic mass is 9.99. The van der Waals surface area contributed by atoms with Gasteiger partial charge in [-0.15, -0.1) is 0 Å². The Labute approximate surface area is 138 Å². The molecule has 2 heteroatoms. The summed E-state index contributed by atoms with van der Waals surface area (Å²) in [5, 5.41) is 0. The van der Waals surface area contributed by atoms with Crippen LogP contribution in [0.2, 0.25) is 0 Å². The average molecular weight is 316 g/mol. The van der Waals surface area contributed by atoms with Gasteiger partial charge in [0.25, 0.3) is 0 Å². The highest BCUT2D eigenvalue weighted by molar-refractivity contribution is 5.28. The second-order valence-corrected chi connectivity index (χ2v) is 6.14. The molecular weight excluding hydrogens is 290 g/mol. The molecule has 0 fully saturated rings. The van der Waals surface area contributed by atoms with Crippen LogP contribution in [0.1, 0.15) is 55.4 Å². The lowest BCUT2D eigenvalue weighted by Gasteiger charge is -2.09. The maximum atomic E-state index is 14.2. The minimum atomic E-state index is -0.663. The number of aryl methyl sites for hydroxylation is 4. The second-order valence-electron chi connectivity index (χ2n) is 6.14. The molecule has 124 valence electrons. The fourth-order valence-electron chi connectivity index (χ4n) is 2.80. The largest absolute Gasteiger partial charge is 0.203 e. The van der Waals surface area contributed by atoms with Gasteiger partial charge in [0.1, 0.15) is 0 Å². The fourth-order valence-corrected chi connectivity index (χ4v) is 2.80. The van der Waals surface area contributed by atoms with Crippen LogP contribution in [0, 0.1) is 11.6 Å². The molecule has 2 aromatic carbocycles. The molecule has 0 amide bonds. The maximum absolute atomic E-state index is 14.2. The molecule has 0 saturated carbocycles. The molecule has 0 atom stereocenters. The third-order valence-electron chi connectivity index (χ3n) is 4.41. The Morgan fingerprint density at radius 2 is 1.22 bits per heavy atom. The summed E-state index contributed by atoms with van der Waals surface area (Å²) in [7, 11) is 0. The zero-order chi connectivity index (χ0) is 16.7. The van der Waals surface area contributed by atoms with Gasteiger partial charge in [-0.2, -0.15) is 0 Å². The van der Waals surface area contributed by atoms with Crippen LogP contribution in [0.25, 0.3) is 0 Å². The number of halogens is 2. The third-order valence-corrected chi connectivity index (χ3v) is 4.41. The summed E-state index contributed by atoms with van der Waals surface area (Å²) in [5.74, 6) is -1.32. The Kier molecular flexibility index (Phi) is 6.76. The average Bonchev–Trinajstić information content (AvgIpc) is 2.58. The van der Waals surface area contributed by atoms with Crippen LogP contribution in [-0.2, 0) is 25.7 Å². The van der Waals surface area contributed by atoms with Gasteiger partial charge in [0.2, 0.25) is 0 Å². The van der Waals surface area contributed by atoms with E-state index in [1.807, 2.05) is 0 Å². The van der Waals surface area contributed by atoms with Crippen LogP contribution in [0.4, 0.5) is 8.78 Å². The second kappa shape index (κ2) is 8.81. The van der Waals surface area contributed by atoms with Gasteiger partial charge in [0.15, 0.2) is 11.6 Å². The van der Waals surface area contributed by atoms with Crippen LogP contribution in [0.15, 0.2) is 36.4 Å². The van der Waals surface area contributed by atoms with E-state index in [9.17, 15) is 8.78 Å². The predicted molar refractivity (Wildman–Crippen MR) is 92.8 cm³/mol. The Morgan fingerprint density at radius 3 is 1.78 bits per heavy atom. The molecule has 0 heterocycles. The molecule has 0 unspecified atom stereocenters. The smallest absolute Gasteiger partial charge is 0.162 e. The number of unbranched alkanes of at least 4 members (excludes halogenated alkanes) is 2. The third kappa shape index (κ3) is 4.89. The standard InChI is InChI=1S/C21H26F2/c1-3-5-6-7-18-14-15-19(21(23)20(18)22)13-12-17-10-8-16(4-2)9-11-17/h8-11,14-15H,3-7,12-13H2,1-2H3. The number of hydrogen-bond donors (Lipinski definition) is 0. The van der Waals surface area contributed by atoms with E-state index >= 15 is 0 Å². The Bertz CT molecular complexity index is 614. The summed E-state index contributed by atoms with van der Waals surface area (Å²) in [5.41, 5.74) is 3.43. The Morgan fingerprint density at radius 1 is 0.652 bits per heavy atom. The first-order valence-corrected chi connectivity index (χ1v) is 8.69. The maximum Gasteiger partial charge on any atom is 0.162 e. The van der Waals surface area contributed by atoms with E-state index in [1.165, 1.54) is 5.56 Å². The van der Waals surface area contributed by atoms with E-state index < -0.39 is 11.6 Å². The monoisotopic (exact) mass is 316 g/mol. The van der Waals surface area contributed by atoms with E-state index in [0.717, 1.165) is 37.7 Å². The summed E-state index contributed by atoms with van der Waals surface area (Å²) in [6.45, 7) is 4.22. The van der Waals surface area contributed by atoms with E-state index in [1.54, 1.807) is 12.1 Å². The topological polar surface area (TPSA) is 0 Å². The van der Waals surface area contributed by atoms with E-state index in [4.69, 9.17) is 0 Å². The normalized spacial score (nSPS) is 11.0. The number of benzene rings is 2. The summed E-state index contributed by atoms with van der Waals surface area (Å²) in [6, 6.07) is 11.9. The molecule has 0 aliphatic heterocycles. The van der Waals surface area contributed by atoms with Crippen molar-refractivity contribution < 1.29 is 8.78 Å². The van der Waals surface area contributed by atoms with E-state index in [-0.39, 0.29) is 0 Å². The zero-order valence-corrected chi connectivity index (χ0v) is 14.2. The fraction of sp³-hybridized carbons (Fsp3) is 0.429. The first-order valence-electron chi connectivity index (χ1n) is 8.69. The molecule has 0 spiro atoms. The van der Waals surface area contributed by atoms with Crippen LogP contribution in [0.5, 0.6) is 0 Å². The van der Waals surface area contributed by atoms with Gasteiger partial charge in [0, 0.05) is 0 Å². The quantitative estimate of drug-likeness (QED) is 0.520. The Balaban J connectivity index is 2.00. The van der Waals surface area contributed by atoms with Crippen LogP contribution in [-0.4, -0.2) is 0 Å². The SMILES string of the molecule is CCCCCc1ccc(CCc2ccc(CC)cc2)c(F)c1F. The Hall–Kier alpha value is -1.70. The van der Waals surface area contributed by atoms with E-state index in [0.29, 0.717) is 24.0 Å². The molecule has 0 bridgehead atoms. The van der Waals surface area contributed by atoms with Crippen molar-refractivity contribution in [3.8, 4) is 0 Å². The van der Waals surface area contributed by atoms with Gasteiger partial charge in [-0.05, 0) is 54.4 Å². The molecule has 0 aromatic heterocycles. The summed E-state index contributed by atoms with van der Waals surface area (Å²) in [6.07, 6.45) is 5.94. The van der Waals surface area contributed by atoms with Crippen molar-refractivity contribution in [2.75, 3.05) is 0 Å².